The predicted molar refractivity (Wildman–Crippen MR) is 82.3 cm³/mol. The molecule has 1 heteroatoms. The second-order valence-corrected chi connectivity index (χ2v) is 7.16. The van der Waals surface area contributed by atoms with Gasteiger partial charge < -0.3 is 4.74 Å². The Morgan fingerprint density at radius 2 is 2.26 bits per heavy atom. The van der Waals surface area contributed by atoms with Gasteiger partial charge >= 0.3 is 0 Å². The summed E-state index contributed by atoms with van der Waals surface area (Å²) in [5, 5.41) is 0. The van der Waals surface area contributed by atoms with Crippen molar-refractivity contribution in [1.82, 2.24) is 0 Å². The van der Waals surface area contributed by atoms with Crippen LogP contribution in [0.2, 0.25) is 0 Å². The lowest BCUT2D eigenvalue weighted by atomic mass is 9.70. The number of rotatable bonds is 6. The molecule has 0 aliphatic heterocycles. The SMILES string of the molecule is C=C1CCC[C@]2(CC[C@H](CC(C)OCCCC)C2)C1. The molecule has 0 aromatic heterocycles. The molecule has 0 aromatic carbocycles. The molecular weight excluding hydrogens is 232 g/mol. The summed E-state index contributed by atoms with van der Waals surface area (Å²) in [6.45, 7) is 9.69. The van der Waals surface area contributed by atoms with Crippen molar-refractivity contribution in [2.24, 2.45) is 11.3 Å². The van der Waals surface area contributed by atoms with Crippen molar-refractivity contribution in [2.75, 3.05) is 6.61 Å². The summed E-state index contributed by atoms with van der Waals surface area (Å²) in [5.41, 5.74) is 2.16. The highest BCUT2D eigenvalue weighted by atomic mass is 16.5. The van der Waals surface area contributed by atoms with Crippen LogP contribution in [-0.4, -0.2) is 12.7 Å². The molecule has 110 valence electrons. The van der Waals surface area contributed by atoms with Gasteiger partial charge in [-0.3, -0.25) is 0 Å². The van der Waals surface area contributed by atoms with Crippen LogP contribution >= 0.6 is 0 Å². The molecule has 1 unspecified atom stereocenters. The van der Waals surface area contributed by atoms with Gasteiger partial charge in [0.25, 0.3) is 0 Å². The van der Waals surface area contributed by atoms with E-state index in [0.29, 0.717) is 11.5 Å². The second-order valence-electron chi connectivity index (χ2n) is 7.16. The minimum absolute atomic E-state index is 0.457. The van der Waals surface area contributed by atoms with Crippen molar-refractivity contribution in [3.63, 3.8) is 0 Å². The largest absolute Gasteiger partial charge is 0.378 e. The number of ether oxygens (including phenoxy) is 1. The molecule has 0 heterocycles. The Morgan fingerprint density at radius 1 is 1.42 bits per heavy atom. The highest BCUT2D eigenvalue weighted by Crippen LogP contribution is 2.53. The molecular formula is C18H32O. The molecule has 0 amide bonds. The summed E-state index contributed by atoms with van der Waals surface area (Å²) in [6, 6.07) is 0. The first-order valence-corrected chi connectivity index (χ1v) is 8.42. The molecule has 0 saturated heterocycles. The van der Waals surface area contributed by atoms with Gasteiger partial charge in [0, 0.05) is 6.61 Å². The Morgan fingerprint density at radius 3 is 3.00 bits per heavy atom. The molecule has 2 aliphatic rings. The van der Waals surface area contributed by atoms with Crippen molar-refractivity contribution >= 4 is 0 Å². The minimum Gasteiger partial charge on any atom is -0.378 e. The van der Waals surface area contributed by atoms with Gasteiger partial charge in [-0.1, -0.05) is 25.5 Å². The smallest absolute Gasteiger partial charge is 0.0549 e. The maximum atomic E-state index is 5.92. The second kappa shape index (κ2) is 6.92. The zero-order valence-electron chi connectivity index (χ0n) is 13.0. The van der Waals surface area contributed by atoms with Crippen LogP contribution in [0.4, 0.5) is 0 Å². The summed E-state index contributed by atoms with van der Waals surface area (Å²) in [5.74, 6) is 0.905. The van der Waals surface area contributed by atoms with Crippen LogP contribution in [-0.2, 0) is 4.74 Å². The van der Waals surface area contributed by atoms with Crippen LogP contribution in [0, 0.1) is 11.3 Å². The fourth-order valence-electron chi connectivity index (χ4n) is 4.30. The lowest BCUT2D eigenvalue weighted by Gasteiger charge is -2.35. The van der Waals surface area contributed by atoms with Gasteiger partial charge in [-0.25, -0.2) is 0 Å². The van der Waals surface area contributed by atoms with E-state index in [2.05, 4.69) is 20.4 Å². The van der Waals surface area contributed by atoms with Crippen LogP contribution in [0.5, 0.6) is 0 Å². The molecule has 1 spiro atoms. The normalized spacial score (nSPS) is 32.9. The van der Waals surface area contributed by atoms with Crippen molar-refractivity contribution in [3.05, 3.63) is 12.2 Å². The third-order valence-corrected chi connectivity index (χ3v) is 5.23. The topological polar surface area (TPSA) is 9.23 Å². The maximum Gasteiger partial charge on any atom is 0.0549 e. The lowest BCUT2D eigenvalue weighted by Crippen LogP contribution is -2.22. The van der Waals surface area contributed by atoms with Crippen LogP contribution < -0.4 is 0 Å². The molecule has 1 nitrogen and oxygen atoms in total. The molecule has 2 saturated carbocycles. The van der Waals surface area contributed by atoms with E-state index in [1.807, 2.05) is 0 Å². The van der Waals surface area contributed by atoms with E-state index >= 15 is 0 Å². The van der Waals surface area contributed by atoms with E-state index in [1.54, 1.807) is 0 Å². The summed E-state index contributed by atoms with van der Waals surface area (Å²) < 4.78 is 5.92. The number of hydrogen-bond acceptors (Lipinski definition) is 1. The van der Waals surface area contributed by atoms with E-state index in [1.165, 1.54) is 69.8 Å². The Bertz CT molecular complexity index is 296. The zero-order valence-corrected chi connectivity index (χ0v) is 13.0. The molecule has 2 rings (SSSR count). The maximum absolute atomic E-state index is 5.92. The molecule has 0 N–H and O–H groups in total. The molecule has 19 heavy (non-hydrogen) atoms. The molecule has 0 aromatic rings. The standard InChI is InChI=1S/C18H32O/c1-4-5-11-19-16(3)12-17-8-10-18(14-17)9-6-7-15(2)13-18/h16-17H,2,4-14H2,1,3H3/t16?,17-,18+/m1/s1. The van der Waals surface area contributed by atoms with E-state index < -0.39 is 0 Å². The Labute approximate surface area is 119 Å². The molecule has 0 bridgehead atoms. The summed E-state index contributed by atoms with van der Waals surface area (Å²) in [4.78, 5) is 0. The minimum atomic E-state index is 0.457. The van der Waals surface area contributed by atoms with Crippen molar-refractivity contribution in [3.8, 4) is 0 Å². The summed E-state index contributed by atoms with van der Waals surface area (Å²) in [6.07, 6.45) is 13.9. The van der Waals surface area contributed by atoms with Gasteiger partial charge in [0.15, 0.2) is 0 Å². The van der Waals surface area contributed by atoms with Crippen LogP contribution in [0.3, 0.4) is 0 Å². The van der Waals surface area contributed by atoms with Gasteiger partial charge in [0.2, 0.25) is 0 Å². The lowest BCUT2D eigenvalue weighted by molar-refractivity contribution is 0.0457. The summed E-state index contributed by atoms with van der Waals surface area (Å²) in [7, 11) is 0. The first-order valence-electron chi connectivity index (χ1n) is 8.42. The Balaban J connectivity index is 1.73. The third kappa shape index (κ3) is 4.34. The summed E-state index contributed by atoms with van der Waals surface area (Å²) >= 11 is 0. The average molecular weight is 264 g/mol. The van der Waals surface area contributed by atoms with Gasteiger partial charge in [0.05, 0.1) is 6.10 Å². The van der Waals surface area contributed by atoms with Gasteiger partial charge in [0.1, 0.15) is 0 Å². The van der Waals surface area contributed by atoms with Gasteiger partial charge in [-0.2, -0.15) is 0 Å². The van der Waals surface area contributed by atoms with Crippen LogP contribution in [0.15, 0.2) is 12.2 Å². The van der Waals surface area contributed by atoms with Crippen molar-refractivity contribution in [1.29, 1.82) is 0 Å². The molecule has 3 atom stereocenters. The molecule has 2 aliphatic carbocycles. The third-order valence-electron chi connectivity index (χ3n) is 5.23. The van der Waals surface area contributed by atoms with Crippen molar-refractivity contribution < 1.29 is 4.74 Å². The quantitative estimate of drug-likeness (QED) is 0.455. The fourth-order valence-corrected chi connectivity index (χ4v) is 4.30. The van der Waals surface area contributed by atoms with E-state index in [0.717, 1.165) is 12.5 Å². The van der Waals surface area contributed by atoms with E-state index in [4.69, 9.17) is 4.74 Å². The van der Waals surface area contributed by atoms with Gasteiger partial charge in [-0.05, 0) is 76.0 Å². The first-order chi connectivity index (χ1) is 9.13. The average Bonchev–Trinajstić information content (AvgIpc) is 2.72. The Hall–Kier alpha value is -0.300. The zero-order chi connectivity index (χ0) is 13.7. The van der Waals surface area contributed by atoms with Gasteiger partial charge in [-0.15, -0.1) is 0 Å². The van der Waals surface area contributed by atoms with Crippen molar-refractivity contribution in [2.45, 2.75) is 84.2 Å². The highest BCUT2D eigenvalue weighted by molar-refractivity contribution is 5.07. The molecule has 0 radical (unpaired) electrons. The van der Waals surface area contributed by atoms with Crippen LogP contribution in [0.25, 0.3) is 0 Å². The first kappa shape index (κ1) is 15.1. The van der Waals surface area contributed by atoms with E-state index in [9.17, 15) is 0 Å². The molecule has 2 fully saturated rings. The number of unbranched alkanes of at least 4 members (excludes halogenated alkanes) is 1. The number of hydrogen-bond donors (Lipinski definition) is 0. The number of allylic oxidation sites excluding steroid dienone is 1. The highest BCUT2D eigenvalue weighted by Gasteiger charge is 2.40. The van der Waals surface area contributed by atoms with E-state index in [-0.39, 0.29) is 0 Å². The fraction of sp³-hybridized carbons (Fsp3) is 0.889. The predicted octanol–water partition coefficient (Wildman–Crippen LogP) is 5.50. The monoisotopic (exact) mass is 264 g/mol. The van der Waals surface area contributed by atoms with Crippen LogP contribution in [0.1, 0.15) is 78.1 Å². The Kier molecular flexibility index (Phi) is 5.50.